The second-order valence-electron chi connectivity index (χ2n) is 11.6. The largest absolute Gasteiger partial charge is 0.369 e. The molecule has 0 radical (unpaired) electrons. The van der Waals surface area contributed by atoms with Crippen molar-refractivity contribution in [2.24, 2.45) is 28.9 Å². The van der Waals surface area contributed by atoms with Crippen LogP contribution >= 0.6 is 0 Å². The molecule has 1 aliphatic heterocycles. The molecule has 184 valence electrons. The van der Waals surface area contributed by atoms with Crippen LogP contribution in [0.3, 0.4) is 0 Å². The summed E-state index contributed by atoms with van der Waals surface area (Å²) in [5.41, 5.74) is 6.38. The molecule has 2 unspecified atom stereocenters. The van der Waals surface area contributed by atoms with Crippen molar-refractivity contribution in [3.8, 4) is 12.1 Å². The molecule has 8 nitrogen and oxygen atoms in total. The molecular weight excluding hydrogens is 440 g/mol. The summed E-state index contributed by atoms with van der Waals surface area (Å²) in [6, 6.07) is 9.78. The van der Waals surface area contributed by atoms with Crippen molar-refractivity contribution < 1.29 is 9.59 Å². The van der Waals surface area contributed by atoms with Crippen LogP contribution in [0.5, 0.6) is 0 Å². The average Bonchev–Trinajstić information content (AvgIpc) is 2.85. The van der Waals surface area contributed by atoms with Crippen LogP contribution in [0.25, 0.3) is 0 Å². The summed E-state index contributed by atoms with van der Waals surface area (Å²) in [7, 11) is 0. The van der Waals surface area contributed by atoms with Crippen LogP contribution in [0.2, 0.25) is 0 Å². The minimum atomic E-state index is -0.672. The van der Waals surface area contributed by atoms with Crippen LogP contribution in [0.1, 0.15) is 57.1 Å². The van der Waals surface area contributed by atoms with Crippen molar-refractivity contribution in [3.05, 3.63) is 29.3 Å². The molecule has 5 aliphatic rings. The molecule has 1 aromatic rings. The van der Waals surface area contributed by atoms with Gasteiger partial charge in [0, 0.05) is 37.6 Å². The highest BCUT2D eigenvalue weighted by Crippen LogP contribution is 2.60. The minimum absolute atomic E-state index is 0.0424. The van der Waals surface area contributed by atoms with Gasteiger partial charge in [0.2, 0.25) is 11.8 Å². The summed E-state index contributed by atoms with van der Waals surface area (Å²) < 4.78 is 0. The number of primary amides is 1. The highest BCUT2D eigenvalue weighted by molar-refractivity contribution is 5.86. The molecule has 35 heavy (non-hydrogen) atoms. The Balaban J connectivity index is 1.24. The maximum atomic E-state index is 13.6. The first kappa shape index (κ1) is 23.6. The molecule has 3 N–H and O–H groups in total. The van der Waals surface area contributed by atoms with Crippen LogP contribution in [0.4, 0.5) is 5.69 Å². The van der Waals surface area contributed by atoms with Crippen LogP contribution in [0, 0.1) is 45.8 Å². The van der Waals surface area contributed by atoms with E-state index in [2.05, 4.69) is 27.3 Å². The van der Waals surface area contributed by atoms with Gasteiger partial charge in [-0.1, -0.05) is 6.07 Å². The Hall–Kier alpha value is -3.10. The maximum absolute atomic E-state index is 13.6. The molecule has 1 aromatic carbocycles. The number of benzene rings is 1. The molecule has 8 heteroatoms. The Bertz CT molecular complexity index is 1110. The average molecular weight is 475 g/mol. The number of nitrogens with two attached hydrogens (primary N) is 1. The molecule has 5 fully saturated rings. The number of carbonyl (C=O) groups excluding carboxylic acids is 2. The second kappa shape index (κ2) is 8.53. The number of nitrogens with zero attached hydrogens (tertiary/aromatic N) is 4. The van der Waals surface area contributed by atoms with Gasteiger partial charge in [0.15, 0.2) is 0 Å². The van der Waals surface area contributed by atoms with Crippen molar-refractivity contribution in [1.29, 1.82) is 10.5 Å². The van der Waals surface area contributed by atoms with Crippen molar-refractivity contribution in [2.75, 3.05) is 31.1 Å². The Kier molecular flexibility index (Phi) is 5.76. The molecule has 4 bridgehead atoms. The Morgan fingerprint density at radius 3 is 2.29 bits per heavy atom. The SMILES string of the molecule is CC(C)(C(=O)NC1C2CC3CC1CC(C(N)=O)(C3)C2)N1CCN(c2cccc(C#N)c2C#N)CC1. The van der Waals surface area contributed by atoms with Crippen molar-refractivity contribution >= 4 is 17.5 Å². The number of carbonyl (C=O) groups is 2. The van der Waals surface area contributed by atoms with Crippen LogP contribution in [0.15, 0.2) is 18.2 Å². The van der Waals surface area contributed by atoms with E-state index in [9.17, 15) is 20.1 Å². The fourth-order valence-corrected chi connectivity index (χ4v) is 7.55. The van der Waals surface area contributed by atoms with E-state index in [1.165, 1.54) is 0 Å². The molecule has 1 saturated heterocycles. The van der Waals surface area contributed by atoms with E-state index >= 15 is 0 Å². The number of amides is 2. The fourth-order valence-electron chi connectivity index (χ4n) is 7.55. The van der Waals surface area contributed by atoms with E-state index < -0.39 is 5.54 Å². The summed E-state index contributed by atoms with van der Waals surface area (Å²) in [5, 5.41) is 22.3. The third-order valence-corrected chi connectivity index (χ3v) is 9.33. The summed E-state index contributed by atoms with van der Waals surface area (Å²) in [5.74, 6) is 1.12. The number of nitrogens with one attached hydrogen (secondary N) is 1. The predicted molar refractivity (Wildman–Crippen MR) is 131 cm³/mol. The van der Waals surface area contributed by atoms with E-state index in [1.54, 1.807) is 6.07 Å². The van der Waals surface area contributed by atoms with Crippen LogP contribution < -0.4 is 16.0 Å². The summed E-state index contributed by atoms with van der Waals surface area (Å²) >= 11 is 0. The monoisotopic (exact) mass is 474 g/mol. The summed E-state index contributed by atoms with van der Waals surface area (Å²) in [6.07, 6.45) is 4.71. The van der Waals surface area contributed by atoms with Gasteiger partial charge in [-0.3, -0.25) is 14.5 Å². The maximum Gasteiger partial charge on any atom is 0.240 e. The molecule has 4 aliphatic carbocycles. The highest BCUT2D eigenvalue weighted by Gasteiger charge is 2.58. The quantitative estimate of drug-likeness (QED) is 0.673. The molecule has 1 heterocycles. The first-order valence-corrected chi connectivity index (χ1v) is 12.7. The number of piperazine rings is 1. The lowest BCUT2D eigenvalue weighted by molar-refractivity contribution is -0.149. The molecular formula is C27H34N6O2. The molecule has 2 atom stereocenters. The first-order valence-electron chi connectivity index (χ1n) is 12.7. The smallest absolute Gasteiger partial charge is 0.240 e. The normalized spacial score (nSPS) is 32.1. The number of rotatable bonds is 5. The lowest BCUT2D eigenvalue weighted by Crippen LogP contribution is -2.66. The Labute approximate surface area is 207 Å². The van der Waals surface area contributed by atoms with E-state index in [0.717, 1.165) is 37.8 Å². The fraction of sp³-hybridized carbons (Fsp3) is 0.630. The van der Waals surface area contributed by atoms with Crippen molar-refractivity contribution in [1.82, 2.24) is 10.2 Å². The number of hydrogen-bond acceptors (Lipinski definition) is 6. The van der Waals surface area contributed by atoms with Gasteiger partial charge in [-0.15, -0.1) is 0 Å². The number of anilines is 1. The zero-order valence-corrected chi connectivity index (χ0v) is 20.6. The van der Waals surface area contributed by atoms with Gasteiger partial charge < -0.3 is 16.0 Å². The number of hydrogen-bond donors (Lipinski definition) is 2. The van der Waals surface area contributed by atoms with Gasteiger partial charge >= 0.3 is 0 Å². The van der Waals surface area contributed by atoms with E-state index in [0.29, 0.717) is 55.1 Å². The van der Waals surface area contributed by atoms with E-state index in [4.69, 9.17) is 5.73 Å². The predicted octanol–water partition coefficient (Wildman–Crippen LogP) is 2.13. The van der Waals surface area contributed by atoms with Crippen molar-refractivity contribution in [3.63, 3.8) is 0 Å². The molecule has 0 aromatic heterocycles. The lowest BCUT2D eigenvalue weighted by atomic mass is 9.47. The Morgan fingerprint density at radius 2 is 1.71 bits per heavy atom. The third kappa shape index (κ3) is 3.85. The van der Waals surface area contributed by atoms with Crippen molar-refractivity contribution in [2.45, 2.75) is 57.5 Å². The van der Waals surface area contributed by atoms with Gasteiger partial charge in [-0.25, -0.2) is 0 Å². The topological polar surface area (TPSA) is 126 Å². The van der Waals surface area contributed by atoms with Gasteiger partial charge in [0.05, 0.1) is 22.4 Å². The zero-order valence-electron chi connectivity index (χ0n) is 20.6. The number of nitriles is 2. The summed E-state index contributed by atoms with van der Waals surface area (Å²) in [4.78, 5) is 30.1. The first-order chi connectivity index (χ1) is 16.7. The van der Waals surface area contributed by atoms with E-state index in [1.807, 2.05) is 26.0 Å². The standard InChI is InChI=1S/C27H34N6O2/c1-26(2,33-8-6-32(7-9-33)22-5-3-4-18(15-28)21(22)16-29)25(35)31-23-19-10-17-11-20(23)14-27(12-17,13-19)24(30)34/h3-5,17,19-20,23H,6-14H2,1-2H3,(H2,30,34)(H,31,35). The summed E-state index contributed by atoms with van der Waals surface area (Å²) in [6.45, 7) is 6.69. The van der Waals surface area contributed by atoms with Crippen LogP contribution in [-0.2, 0) is 9.59 Å². The van der Waals surface area contributed by atoms with Gasteiger partial charge in [0.25, 0.3) is 0 Å². The lowest BCUT2D eigenvalue weighted by Gasteiger charge is -2.59. The molecule has 4 saturated carbocycles. The Morgan fingerprint density at radius 1 is 1.06 bits per heavy atom. The zero-order chi connectivity index (χ0) is 25.0. The van der Waals surface area contributed by atoms with E-state index in [-0.39, 0.29) is 23.3 Å². The highest BCUT2D eigenvalue weighted by atomic mass is 16.2. The van der Waals surface area contributed by atoms with Gasteiger partial charge in [0.1, 0.15) is 12.1 Å². The van der Waals surface area contributed by atoms with Crippen LogP contribution in [-0.4, -0.2) is 54.5 Å². The molecule has 0 spiro atoms. The van der Waals surface area contributed by atoms with Gasteiger partial charge in [-0.05, 0) is 75.8 Å². The molecule has 2 amide bonds. The molecule has 6 rings (SSSR count). The minimum Gasteiger partial charge on any atom is -0.369 e. The van der Waals surface area contributed by atoms with Gasteiger partial charge in [-0.2, -0.15) is 10.5 Å². The third-order valence-electron chi connectivity index (χ3n) is 9.33. The second-order valence-corrected chi connectivity index (χ2v) is 11.6.